The number of hydrogen-bond acceptors (Lipinski definition) is 4. The second kappa shape index (κ2) is 5.57. The van der Waals surface area contributed by atoms with Crippen molar-refractivity contribution in [1.82, 2.24) is 14.9 Å². The number of likely N-dealkylation sites (tertiary alicyclic amines) is 1. The summed E-state index contributed by atoms with van der Waals surface area (Å²) in [7, 11) is 0. The SMILES string of the molecule is O=C(c1ccc[nH]c1=O)N1CC(Oc2ncccc2Cl)C1. The zero-order valence-electron chi connectivity index (χ0n) is 11.0. The highest BCUT2D eigenvalue weighted by molar-refractivity contribution is 6.31. The molecule has 0 aliphatic carbocycles. The molecule has 0 aromatic carbocycles. The van der Waals surface area contributed by atoms with Crippen LogP contribution >= 0.6 is 11.6 Å². The van der Waals surface area contributed by atoms with E-state index in [0.717, 1.165) is 0 Å². The molecule has 0 saturated carbocycles. The number of hydrogen-bond donors (Lipinski definition) is 1. The maximum atomic E-state index is 12.1. The van der Waals surface area contributed by atoms with Crippen LogP contribution in [0.5, 0.6) is 5.88 Å². The molecule has 1 aliphatic heterocycles. The van der Waals surface area contributed by atoms with Crippen molar-refractivity contribution in [2.24, 2.45) is 0 Å². The number of rotatable bonds is 3. The smallest absolute Gasteiger partial charge is 0.260 e. The zero-order valence-corrected chi connectivity index (χ0v) is 11.7. The highest BCUT2D eigenvalue weighted by Crippen LogP contribution is 2.24. The van der Waals surface area contributed by atoms with Crippen LogP contribution in [-0.4, -0.2) is 40.0 Å². The van der Waals surface area contributed by atoms with Crippen molar-refractivity contribution in [2.45, 2.75) is 6.10 Å². The summed E-state index contributed by atoms with van der Waals surface area (Å²) >= 11 is 5.95. The van der Waals surface area contributed by atoms with Gasteiger partial charge in [-0.25, -0.2) is 4.98 Å². The molecule has 21 heavy (non-hydrogen) atoms. The van der Waals surface area contributed by atoms with Gasteiger partial charge in [-0.2, -0.15) is 0 Å². The lowest BCUT2D eigenvalue weighted by Crippen LogP contribution is -2.56. The van der Waals surface area contributed by atoms with Crippen LogP contribution in [0, 0.1) is 0 Å². The molecule has 1 aliphatic rings. The topological polar surface area (TPSA) is 75.3 Å². The molecule has 0 atom stereocenters. The lowest BCUT2D eigenvalue weighted by molar-refractivity contribution is 0.0159. The molecule has 6 nitrogen and oxygen atoms in total. The van der Waals surface area contributed by atoms with Crippen molar-refractivity contribution >= 4 is 17.5 Å². The van der Waals surface area contributed by atoms with Crippen molar-refractivity contribution < 1.29 is 9.53 Å². The number of halogens is 1. The van der Waals surface area contributed by atoms with Crippen LogP contribution in [0.3, 0.4) is 0 Å². The molecule has 0 bridgehead atoms. The summed E-state index contributed by atoms with van der Waals surface area (Å²) in [6, 6.07) is 6.53. The minimum atomic E-state index is -0.389. The van der Waals surface area contributed by atoms with E-state index in [1.165, 1.54) is 12.3 Å². The van der Waals surface area contributed by atoms with E-state index in [1.807, 2.05) is 0 Å². The molecule has 3 rings (SSSR count). The van der Waals surface area contributed by atoms with Gasteiger partial charge in [-0.1, -0.05) is 11.6 Å². The maximum absolute atomic E-state index is 12.1. The molecule has 7 heteroatoms. The van der Waals surface area contributed by atoms with Gasteiger partial charge in [0.2, 0.25) is 5.88 Å². The monoisotopic (exact) mass is 305 g/mol. The Morgan fingerprint density at radius 1 is 1.38 bits per heavy atom. The minimum Gasteiger partial charge on any atom is -0.470 e. The molecule has 1 N–H and O–H groups in total. The van der Waals surface area contributed by atoms with Gasteiger partial charge in [-0.15, -0.1) is 0 Å². The van der Waals surface area contributed by atoms with Crippen LogP contribution in [0.4, 0.5) is 0 Å². The van der Waals surface area contributed by atoms with E-state index in [0.29, 0.717) is 24.0 Å². The normalized spacial score (nSPS) is 14.6. The van der Waals surface area contributed by atoms with Crippen molar-refractivity contribution in [3.8, 4) is 5.88 Å². The number of nitrogens with one attached hydrogen (secondary N) is 1. The summed E-state index contributed by atoms with van der Waals surface area (Å²) in [5.74, 6) is 0.0534. The Hall–Kier alpha value is -2.34. The van der Waals surface area contributed by atoms with Gasteiger partial charge in [0.05, 0.1) is 13.1 Å². The standard InChI is InChI=1S/C14H12ClN3O3/c15-11-4-2-6-17-13(11)21-9-7-18(8-9)14(20)10-3-1-5-16-12(10)19/h1-6,9H,7-8H2,(H,16,19). The number of ether oxygens (including phenoxy) is 1. The van der Waals surface area contributed by atoms with Crippen LogP contribution in [-0.2, 0) is 0 Å². The van der Waals surface area contributed by atoms with E-state index in [9.17, 15) is 9.59 Å². The second-order valence-corrected chi connectivity index (χ2v) is 5.06. The number of H-pyrrole nitrogens is 1. The zero-order chi connectivity index (χ0) is 14.8. The fraction of sp³-hybridized carbons (Fsp3) is 0.214. The van der Waals surface area contributed by atoms with Crippen molar-refractivity contribution in [3.05, 3.63) is 57.6 Å². The van der Waals surface area contributed by atoms with Crippen LogP contribution in [0.2, 0.25) is 5.02 Å². The third-order valence-electron chi connectivity index (χ3n) is 3.19. The first-order chi connectivity index (χ1) is 10.1. The van der Waals surface area contributed by atoms with Gasteiger partial charge in [0.15, 0.2) is 0 Å². The Kier molecular flexibility index (Phi) is 3.62. The molecular weight excluding hydrogens is 294 g/mol. The molecule has 0 unspecified atom stereocenters. The molecule has 3 heterocycles. The fourth-order valence-electron chi connectivity index (χ4n) is 2.05. The largest absolute Gasteiger partial charge is 0.470 e. The van der Waals surface area contributed by atoms with Gasteiger partial charge in [0.25, 0.3) is 11.5 Å². The molecule has 0 radical (unpaired) electrons. The number of carbonyl (C=O) groups is 1. The first kappa shape index (κ1) is 13.6. The predicted molar refractivity (Wildman–Crippen MR) is 76.6 cm³/mol. The lowest BCUT2D eigenvalue weighted by Gasteiger charge is -2.38. The predicted octanol–water partition coefficient (Wildman–Crippen LogP) is 1.33. The maximum Gasteiger partial charge on any atom is 0.260 e. The van der Waals surface area contributed by atoms with Gasteiger partial charge in [0.1, 0.15) is 16.7 Å². The Bertz CT molecular complexity index is 725. The first-order valence-electron chi connectivity index (χ1n) is 6.39. The number of aromatic nitrogens is 2. The summed E-state index contributed by atoms with van der Waals surface area (Å²) in [5, 5.41) is 0.432. The molecule has 108 valence electrons. The number of nitrogens with zero attached hydrogens (tertiary/aromatic N) is 2. The second-order valence-electron chi connectivity index (χ2n) is 4.65. The summed E-state index contributed by atoms with van der Waals surface area (Å²) in [4.78, 5) is 31.7. The van der Waals surface area contributed by atoms with Gasteiger partial charge < -0.3 is 14.6 Å². The number of carbonyl (C=O) groups excluding carboxylic acids is 1. The Balaban J connectivity index is 1.61. The summed E-state index contributed by atoms with van der Waals surface area (Å²) in [5.41, 5.74) is -0.258. The van der Waals surface area contributed by atoms with Crippen molar-refractivity contribution in [3.63, 3.8) is 0 Å². The Morgan fingerprint density at radius 2 is 2.19 bits per heavy atom. The van der Waals surface area contributed by atoms with Crippen LogP contribution in [0.1, 0.15) is 10.4 Å². The van der Waals surface area contributed by atoms with Crippen LogP contribution < -0.4 is 10.3 Å². The molecule has 1 amide bonds. The van der Waals surface area contributed by atoms with Crippen LogP contribution in [0.25, 0.3) is 0 Å². The highest BCUT2D eigenvalue weighted by atomic mass is 35.5. The average molecular weight is 306 g/mol. The molecule has 2 aromatic heterocycles. The average Bonchev–Trinajstić information content (AvgIpc) is 2.44. The lowest BCUT2D eigenvalue weighted by atomic mass is 10.1. The molecule has 1 saturated heterocycles. The third kappa shape index (κ3) is 2.75. The highest BCUT2D eigenvalue weighted by Gasteiger charge is 2.34. The Labute approximate surface area is 125 Å². The van der Waals surface area contributed by atoms with Gasteiger partial charge in [-0.05, 0) is 24.3 Å². The number of aromatic amines is 1. The van der Waals surface area contributed by atoms with E-state index in [-0.39, 0.29) is 23.1 Å². The number of amides is 1. The van der Waals surface area contributed by atoms with E-state index < -0.39 is 0 Å². The molecule has 1 fully saturated rings. The Morgan fingerprint density at radius 3 is 2.90 bits per heavy atom. The van der Waals surface area contributed by atoms with E-state index in [1.54, 1.807) is 29.3 Å². The van der Waals surface area contributed by atoms with Crippen molar-refractivity contribution in [1.29, 1.82) is 0 Å². The summed E-state index contributed by atoms with van der Waals surface area (Å²) in [6.07, 6.45) is 2.92. The minimum absolute atomic E-state index is 0.131. The third-order valence-corrected chi connectivity index (χ3v) is 3.47. The van der Waals surface area contributed by atoms with Crippen molar-refractivity contribution in [2.75, 3.05) is 13.1 Å². The molecule has 2 aromatic rings. The number of pyridine rings is 2. The van der Waals surface area contributed by atoms with E-state index in [4.69, 9.17) is 16.3 Å². The first-order valence-corrected chi connectivity index (χ1v) is 6.77. The molecular formula is C14H12ClN3O3. The van der Waals surface area contributed by atoms with Gasteiger partial charge in [-0.3, -0.25) is 9.59 Å². The van der Waals surface area contributed by atoms with E-state index in [2.05, 4.69) is 9.97 Å². The van der Waals surface area contributed by atoms with Gasteiger partial charge >= 0.3 is 0 Å². The van der Waals surface area contributed by atoms with Crippen LogP contribution in [0.15, 0.2) is 41.5 Å². The molecule has 0 spiro atoms. The summed E-state index contributed by atoms with van der Waals surface area (Å²) in [6.45, 7) is 0.806. The van der Waals surface area contributed by atoms with Gasteiger partial charge in [0, 0.05) is 12.4 Å². The summed E-state index contributed by atoms with van der Waals surface area (Å²) < 4.78 is 5.60. The fourth-order valence-corrected chi connectivity index (χ4v) is 2.22. The quantitative estimate of drug-likeness (QED) is 0.928. The van der Waals surface area contributed by atoms with E-state index >= 15 is 0 Å².